The van der Waals surface area contributed by atoms with Gasteiger partial charge in [-0.2, -0.15) is 0 Å². The van der Waals surface area contributed by atoms with E-state index in [2.05, 4.69) is 16.8 Å². The standard InChI is InChI=1S/C11H25N3O/c1-13(10-11(12)4-9-15)7-8-14-5-2-3-6-14/h11,15H,2-10,12H2,1H3. The maximum atomic E-state index is 8.75. The molecule has 90 valence electrons. The van der Waals surface area contributed by atoms with Gasteiger partial charge in [0.15, 0.2) is 0 Å². The zero-order chi connectivity index (χ0) is 11.1. The average Bonchev–Trinajstić information content (AvgIpc) is 2.67. The van der Waals surface area contributed by atoms with Gasteiger partial charge < -0.3 is 20.6 Å². The molecule has 1 rings (SSSR count). The second kappa shape index (κ2) is 7.17. The van der Waals surface area contributed by atoms with Crippen LogP contribution in [0.25, 0.3) is 0 Å². The van der Waals surface area contributed by atoms with Gasteiger partial charge in [0, 0.05) is 32.3 Å². The van der Waals surface area contributed by atoms with Crippen molar-refractivity contribution in [2.24, 2.45) is 5.73 Å². The molecule has 0 saturated carbocycles. The van der Waals surface area contributed by atoms with E-state index in [-0.39, 0.29) is 12.6 Å². The molecule has 1 saturated heterocycles. The van der Waals surface area contributed by atoms with Crippen LogP contribution in [0.2, 0.25) is 0 Å². The van der Waals surface area contributed by atoms with Gasteiger partial charge in [0.1, 0.15) is 0 Å². The summed E-state index contributed by atoms with van der Waals surface area (Å²) in [4.78, 5) is 4.77. The lowest BCUT2D eigenvalue weighted by atomic mass is 10.2. The zero-order valence-corrected chi connectivity index (χ0v) is 9.86. The van der Waals surface area contributed by atoms with Crippen LogP contribution in [-0.2, 0) is 0 Å². The van der Waals surface area contributed by atoms with Crippen LogP contribution < -0.4 is 5.73 Å². The highest BCUT2D eigenvalue weighted by atomic mass is 16.3. The molecule has 1 fully saturated rings. The van der Waals surface area contributed by atoms with Gasteiger partial charge in [-0.05, 0) is 39.4 Å². The molecule has 1 aliphatic rings. The minimum absolute atomic E-state index is 0.110. The van der Waals surface area contributed by atoms with E-state index >= 15 is 0 Å². The van der Waals surface area contributed by atoms with Crippen molar-refractivity contribution in [1.82, 2.24) is 9.80 Å². The van der Waals surface area contributed by atoms with Crippen molar-refractivity contribution < 1.29 is 5.11 Å². The van der Waals surface area contributed by atoms with Crippen molar-refractivity contribution in [2.75, 3.05) is 46.4 Å². The number of hydrogen-bond donors (Lipinski definition) is 2. The fraction of sp³-hybridized carbons (Fsp3) is 1.00. The van der Waals surface area contributed by atoms with Crippen molar-refractivity contribution in [2.45, 2.75) is 25.3 Å². The van der Waals surface area contributed by atoms with Gasteiger partial charge in [-0.25, -0.2) is 0 Å². The first-order valence-electron chi connectivity index (χ1n) is 5.99. The van der Waals surface area contributed by atoms with Crippen molar-refractivity contribution in [1.29, 1.82) is 0 Å². The Morgan fingerprint density at radius 2 is 2.07 bits per heavy atom. The van der Waals surface area contributed by atoms with Crippen LogP contribution in [-0.4, -0.2) is 67.3 Å². The fourth-order valence-corrected chi connectivity index (χ4v) is 2.07. The molecular formula is C11H25N3O. The third-order valence-electron chi connectivity index (χ3n) is 3.04. The highest BCUT2D eigenvalue weighted by Gasteiger charge is 2.12. The van der Waals surface area contributed by atoms with Gasteiger partial charge in [0.25, 0.3) is 0 Å². The number of likely N-dealkylation sites (tertiary alicyclic amines) is 1. The van der Waals surface area contributed by atoms with Gasteiger partial charge in [0.05, 0.1) is 0 Å². The molecule has 0 spiro atoms. The minimum atomic E-state index is 0.110. The van der Waals surface area contributed by atoms with Gasteiger partial charge in [-0.3, -0.25) is 0 Å². The largest absolute Gasteiger partial charge is 0.396 e. The molecular weight excluding hydrogens is 190 g/mol. The third-order valence-corrected chi connectivity index (χ3v) is 3.04. The van der Waals surface area contributed by atoms with E-state index in [1.807, 2.05) is 0 Å². The summed E-state index contributed by atoms with van der Waals surface area (Å²) in [5.41, 5.74) is 5.85. The van der Waals surface area contributed by atoms with Crippen LogP contribution in [0.1, 0.15) is 19.3 Å². The first-order chi connectivity index (χ1) is 7.22. The summed E-state index contributed by atoms with van der Waals surface area (Å²) in [5.74, 6) is 0. The molecule has 0 aromatic heterocycles. The lowest BCUT2D eigenvalue weighted by Crippen LogP contribution is -2.39. The van der Waals surface area contributed by atoms with Crippen LogP contribution in [0.4, 0.5) is 0 Å². The lowest BCUT2D eigenvalue weighted by Gasteiger charge is -2.23. The van der Waals surface area contributed by atoms with Crippen molar-refractivity contribution >= 4 is 0 Å². The summed E-state index contributed by atoms with van der Waals surface area (Å²) < 4.78 is 0. The number of nitrogens with zero attached hydrogens (tertiary/aromatic N) is 2. The summed E-state index contributed by atoms with van der Waals surface area (Å²) in [6.45, 7) is 5.84. The Hall–Kier alpha value is -0.160. The molecule has 4 heteroatoms. The molecule has 1 atom stereocenters. The van der Waals surface area contributed by atoms with Crippen LogP contribution in [0.5, 0.6) is 0 Å². The second-order valence-electron chi connectivity index (χ2n) is 4.58. The van der Waals surface area contributed by atoms with Gasteiger partial charge in [-0.1, -0.05) is 0 Å². The number of aliphatic hydroxyl groups is 1. The molecule has 1 heterocycles. The predicted octanol–water partition coefficient (Wildman–Crippen LogP) is -0.276. The number of likely N-dealkylation sites (N-methyl/N-ethyl adjacent to an activating group) is 1. The molecule has 4 nitrogen and oxygen atoms in total. The Labute approximate surface area is 93.0 Å². The molecule has 0 amide bonds. The molecule has 3 N–H and O–H groups in total. The van der Waals surface area contributed by atoms with E-state index in [1.165, 1.54) is 25.9 Å². The topological polar surface area (TPSA) is 52.7 Å². The summed E-state index contributed by atoms with van der Waals surface area (Å²) in [7, 11) is 2.10. The number of rotatable bonds is 7. The van der Waals surface area contributed by atoms with Crippen molar-refractivity contribution in [3.8, 4) is 0 Å². The number of aliphatic hydroxyl groups excluding tert-OH is 1. The Morgan fingerprint density at radius 1 is 1.40 bits per heavy atom. The minimum Gasteiger partial charge on any atom is -0.396 e. The molecule has 0 aliphatic carbocycles. The number of hydrogen-bond acceptors (Lipinski definition) is 4. The van der Waals surface area contributed by atoms with Crippen LogP contribution in [0.3, 0.4) is 0 Å². The van der Waals surface area contributed by atoms with Crippen LogP contribution in [0.15, 0.2) is 0 Å². The molecule has 0 aromatic carbocycles. The van der Waals surface area contributed by atoms with Crippen molar-refractivity contribution in [3.05, 3.63) is 0 Å². The van der Waals surface area contributed by atoms with E-state index in [4.69, 9.17) is 10.8 Å². The Kier molecular flexibility index (Phi) is 6.17. The molecule has 0 aromatic rings. The Balaban J connectivity index is 2.04. The molecule has 0 bridgehead atoms. The maximum absolute atomic E-state index is 8.75. The smallest absolute Gasteiger partial charge is 0.0446 e. The lowest BCUT2D eigenvalue weighted by molar-refractivity contribution is 0.225. The predicted molar refractivity (Wildman–Crippen MR) is 62.8 cm³/mol. The monoisotopic (exact) mass is 215 g/mol. The van der Waals surface area contributed by atoms with E-state index in [0.717, 1.165) is 19.6 Å². The quantitative estimate of drug-likeness (QED) is 0.613. The van der Waals surface area contributed by atoms with Gasteiger partial charge >= 0.3 is 0 Å². The maximum Gasteiger partial charge on any atom is 0.0446 e. The Bertz CT molecular complexity index is 160. The highest BCUT2D eigenvalue weighted by molar-refractivity contribution is 4.70. The second-order valence-corrected chi connectivity index (χ2v) is 4.58. The van der Waals surface area contributed by atoms with Crippen LogP contribution in [0, 0.1) is 0 Å². The summed E-state index contributed by atoms with van der Waals surface area (Å²) in [5, 5.41) is 8.75. The highest BCUT2D eigenvalue weighted by Crippen LogP contribution is 2.06. The summed E-state index contributed by atoms with van der Waals surface area (Å²) in [6, 6.07) is 0.110. The molecule has 0 radical (unpaired) electrons. The first kappa shape index (κ1) is 12.9. The van der Waals surface area contributed by atoms with E-state index in [1.54, 1.807) is 0 Å². The third kappa shape index (κ3) is 5.47. The van der Waals surface area contributed by atoms with E-state index < -0.39 is 0 Å². The molecule has 1 aliphatic heterocycles. The fourth-order valence-electron chi connectivity index (χ4n) is 2.07. The average molecular weight is 215 g/mol. The summed E-state index contributed by atoms with van der Waals surface area (Å²) in [6.07, 6.45) is 3.41. The first-order valence-corrected chi connectivity index (χ1v) is 5.99. The van der Waals surface area contributed by atoms with Crippen molar-refractivity contribution in [3.63, 3.8) is 0 Å². The zero-order valence-electron chi connectivity index (χ0n) is 9.86. The van der Waals surface area contributed by atoms with E-state index in [9.17, 15) is 0 Å². The van der Waals surface area contributed by atoms with Gasteiger partial charge in [-0.15, -0.1) is 0 Å². The normalized spacial score (nSPS) is 20.0. The van der Waals surface area contributed by atoms with Gasteiger partial charge in [0.2, 0.25) is 0 Å². The van der Waals surface area contributed by atoms with Crippen LogP contribution >= 0.6 is 0 Å². The number of nitrogens with two attached hydrogens (primary N) is 1. The molecule has 1 unspecified atom stereocenters. The SMILES string of the molecule is CN(CCN1CCCC1)CC(N)CCO. The Morgan fingerprint density at radius 3 is 2.67 bits per heavy atom. The van der Waals surface area contributed by atoms with E-state index in [0.29, 0.717) is 6.42 Å². The summed E-state index contributed by atoms with van der Waals surface area (Å²) >= 11 is 0. The molecule has 15 heavy (non-hydrogen) atoms.